The van der Waals surface area contributed by atoms with Crippen molar-refractivity contribution in [3.8, 4) is 0 Å². The Kier molecular flexibility index (Phi) is 22.3. The lowest BCUT2D eigenvalue weighted by atomic mass is 9.47. The van der Waals surface area contributed by atoms with Crippen molar-refractivity contribution < 1.29 is 57.1 Å². The summed E-state index contributed by atoms with van der Waals surface area (Å²) in [6.07, 6.45) is 29.4. The number of allylic oxidation sites excluding steroid dienone is 1. The maximum Gasteiger partial charge on any atom is 0.306 e. The summed E-state index contributed by atoms with van der Waals surface area (Å²) in [4.78, 5) is 38.5. The number of quaternary nitrogens is 1. The van der Waals surface area contributed by atoms with Crippen molar-refractivity contribution in [1.82, 2.24) is 0 Å². The molecule has 8 heteroatoms. The number of unbranched alkanes of at least 4 members (excludes halogenated alkanes) is 10. The van der Waals surface area contributed by atoms with Crippen LogP contribution in [0.1, 0.15) is 202 Å². The number of esters is 3. The zero-order chi connectivity index (χ0) is 42.3. The molecule has 0 amide bonds. The molecule has 0 spiro atoms. The summed E-state index contributed by atoms with van der Waals surface area (Å²) in [6, 6.07) is 0. The minimum atomic E-state index is -0.521. The minimum absolute atomic E-state index is 0. The molecule has 0 bridgehead atoms. The lowest BCUT2D eigenvalue weighted by molar-refractivity contribution is -0.873. The number of likely N-dealkylation sites (N-methyl/N-ethyl adjacent to an activating group) is 1. The second-order valence-electron chi connectivity index (χ2n) is 21.7. The molecule has 3 saturated carbocycles. The maximum atomic E-state index is 13.0. The van der Waals surface area contributed by atoms with Crippen LogP contribution in [0.4, 0.5) is 0 Å². The lowest BCUT2D eigenvalue weighted by Crippen LogP contribution is -3.00. The molecule has 0 aromatic carbocycles. The van der Waals surface area contributed by atoms with E-state index in [0.717, 1.165) is 74.0 Å². The van der Waals surface area contributed by atoms with Gasteiger partial charge in [0, 0.05) is 12.8 Å². The van der Waals surface area contributed by atoms with Gasteiger partial charge in [-0.3, -0.25) is 14.4 Å². The first kappa shape index (κ1) is 52.2. The molecular weight excluding hydrogens is 849 g/mol. The van der Waals surface area contributed by atoms with Gasteiger partial charge in [-0.2, -0.15) is 0 Å². The number of fused-ring (bicyclic) bond motifs is 5. The summed E-state index contributed by atoms with van der Waals surface area (Å²) in [5.41, 5.74) is 2.20. The molecule has 1 unspecified atom stereocenters. The van der Waals surface area contributed by atoms with E-state index in [1.165, 1.54) is 108 Å². The highest BCUT2D eigenvalue weighted by Gasteiger charge is 2.59. The number of hydrogen-bond acceptors (Lipinski definition) is 6. The van der Waals surface area contributed by atoms with E-state index in [1.807, 2.05) is 21.1 Å². The summed E-state index contributed by atoms with van der Waals surface area (Å²) in [7, 11) is 6.10. The van der Waals surface area contributed by atoms with Gasteiger partial charge in [0.2, 0.25) is 0 Å². The zero-order valence-electron chi connectivity index (χ0n) is 39.6. The van der Waals surface area contributed by atoms with E-state index in [1.54, 1.807) is 0 Å². The molecule has 0 radical (unpaired) electrons. The van der Waals surface area contributed by atoms with E-state index in [4.69, 9.17) is 14.2 Å². The Bertz CT molecular complexity index is 1310. The number of rotatable bonds is 26. The topological polar surface area (TPSA) is 78.9 Å². The normalized spacial score (nSPS) is 28.6. The predicted molar refractivity (Wildman–Crippen MR) is 237 cm³/mol. The molecule has 0 N–H and O–H groups in total. The van der Waals surface area contributed by atoms with Crippen LogP contribution >= 0.6 is 0 Å². The fourth-order valence-corrected chi connectivity index (χ4v) is 12.4. The van der Waals surface area contributed by atoms with Crippen LogP contribution in [-0.4, -0.2) is 68.9 Å². The first-order valence-corrected chi connectivity index (χ1v) is 24.6. The molecule has 0 heterocycles. The molecule has 4 aliphatic carbocycles. The highest BCUT2D eigenvalue weighted by Crippen LogP contribution is 2.67. The smallest absolute Gasteiger partial charge is 0.306 e. The molecule has 0 aliphatic heterocycles. The Morgan fingerprint density at radius 2 is 1.39 bits per heavy atom. The molecule has 342 valence electrons. The molecule has 0 aromatic rings. The van der Waals surface area contributed by atoms with Gasteiger partial charge in [0.05, 0.1) is 34.0 Å². The van der Waals surface area contributed by atoms with Gasteiger partial charge < -0.3 is 42.7 Å². The number of halogens is 1. The quantitative estimate of drug-likeness (QED) is 0.0215. The van der Waals surface area contributed by atoms with Crippen LogP contribution in [0.5, 0.6) is 0 Å². The first-order valence-electron chi connectivity index (χ1n) is 24.6. The summed E-state index contributed by atoms with van der Waals surface area (Å²) in [6.45, 7) is 15.2. The van der Waals surface area contributed by atoms with E-state index in [2.05, 4.69) is 47.6 Å². The number of hydrogen-bond donors (Lipinski definition) is 0. The standard InChI is InChI=1S/C51H90NO6.HI/c1-10-11-12-13-14-15-16-17-18-19-20-24-48(54)58-42(36-52(7,8)9)37-56-47(53)29-30-49(55)57-41-31-33-50(5)40(35-41)25-26-43-45-28-27-44(39(4)23-21-22-38(2)3)51(45,6)34-32-46(43)50;/h25,38-39,41-46H,10-24,26-37H2,1-9H3;1H/q+1;/p-1/t39-,41+,42?,43+,44-,45+,46+,50+,51-;/m1./s1. The molecule has 0 aromatic heterocycles. The van der Waals surface area contributed by atoms with Crippen molar-refractivity contribution in [3.05, 3.63) is 11.6 Å². The fraction of sp³-hybridized carbons (Fsp3) is 0.902. The van der Waals surface area contributed by atoms with Crippen LogP contribution in [0.2, 0.25) is 0 Å². The Labute approximate surface area is 379 Å². The number of ether oxygens (including phenoxy) is 3. The van der Waals surface area contributed by atoms with Crippen molar-refractivity contribution in [2.75, 3.05) is 34.3 Å². The second-order valence-corrected chi connectivity index (χ2v) is 21.7. The molecule has 4 aliphatic rings. The molecule has 4 rings (SSSR count). The van der Waals surface area contributed by atoms with Gasteiger partial charge in [-0.25, -0.2) is 0 Å². The van der Waals surface area contributed by atoms with Gasteiger partial charge in [-0.15, -0.1) is 0 Å². The molecule has 3 fully saturated rings. The average Bonchev–Trinajstić information content (AvgIpc) is 3.52. The zero-order valence-corrected chi connectivity index (χ0v) is 41.7. The third-order valence-electron chi connectivity index (χ3n) is 15.6. The Morgan fingerprint density at radius 1 is 0.746 bits per heavy atom. The number of nitrogens with zero attached hydrogens (tertiary/aromatic N) is 1. The summed E-state index contributed by atoms with van der Waals surface area (Å²) >= 11 is 0. The van der Waals surface area contributed by atoms with E-state index in [0.29, 0.717) is 22.9 Å². The highest BCUT2D eigenvalue weighted by atomic mass is 127. The van der Waals surface area contributed by atoms with Crippen LogP contribution in [-0.2, 0) is 28.6 Å². The summed E-state index contributed by atoms with van der Waals surface area (Å²) in [5, 5.41) is 0. The SMILES string of the molecule is CCCCCCCCCCCCCC(=O)OC(COC(=O)CCC(=O)O[C@H]1CC[C@@]2(C)C(=CC[C@H]3[C@@H]4CC[C@H]([C@H](C)CCCC(C)C)[C@@]4(C)CC[C@@H]32)C1)C[N+](C)(C)C.[I-]. The van der Waals surface area contributed by atoms with Gasteiger partial charge in [0.25, 0.3) is 0 Å². The van der Waals surface area contributed by atoms with Crippen LogP contribution in [0.15, 0.2) is 11.6 Å². The van der Waals surface area contributed by atoms with Gasteiger partial charge in [0.15, 0.2) is 6.10 Å². The van der Waals surface area contributed by atoms with Crippen LogP contribution in [0, 0.1) is 46.3 Å². The highest BCUT2D eigenvalue weighted by molar-refractivity contribution is 5.77. The molecule has 0 saturated heterocycles. The Morgan fingerprint density at radius 3 is 2.03 bits per heavy atom. The van der Waals surface area contributed by atoms with Crippen LogP contribution in [0.3, 0.4) is 0 Å². The van der Waals surface area contributed by atoms with Gasteiger partial charge in [0.1, 0.15) is 19.3 Å². The lowest BCUT2D eigenvalue weighted by Gasteiger charge is -2.58. The van der Waals surface area contributed by atoms with Crippen molar-refractivity contribution >= 4 is 17.9 Å². The van der Waals surface area contributed by atoms with E-state index >= 15 is 0 Å². The third-order valence-corrected chi connectivity index (χ3v) is 15.6. The Balaban J connectivity index is 0.00000930. The molecule has 9 atom stereocenters. The van der Waals surface area contributed by atoms with E-state index in [9.17, 15) is 14.4 Å². The maximum absolute atomic E-state index is 13.0. The van der Waals surface area contributed by atoms with Crippen molar-refractivity contribution in [2.45, 2.75) is 214 Å². The fourth-order valence-electron chi connectivity index (χ4n) is 12.4. The van der Waals surface area contributed by atoms with Gasteiger partial charge in [-0.05, 0) is 97.7 Å². The summed E-state index contributed by atoms with van der Waals surface area (Å²) in [5.74, 6) is 3.84. The molecular formula is C51H90INO6. The van der Waals surface area contributed by atoms with Crippen molar-refractivity contribution in [2.24, 2.45) is 46.3 Å². The monoisotopic (exact) mass is 940 g/mol. The van der Waals surface area contributed by atoms with Crippen LogP contribution in [0.25, 0.3) is 0 Å². The predicted octanol–water partition coefficient (Wildman–Crippen LogP) is 9.59. The first-order chi connectivity index (χ1) is 27.6. The largest absolute Gasteiger partial charge is 1.00 e. The second kappa shape index (κ2) is 25.2. The number of carbonyl (C=O) groups is 3. The van der Waals surface area contributed by atoms with Gasteiger partial charge >= 0.3 is 17.9 Å². The third kappa shape index (κ3) is 16.2. The van der Waals surface area contributed by atoms with E-state index < -0.39 is 12.1 Å². The number of carbonyl (C=O) groups excluding carboxylic acids is 3. The molecule has 59 heavy (non-hydrogen) atoms. The minimum Gasteiger partial charge on any atom is -1.00 e. The summed E-state index contributed by atoms with van der Waals surface area (Å²) < 4.78 is 18.0. The van der Waals surface area contributed by atoms with Gasteiger partial charge in [-0.1, -0.05) is 137 Å². The van der Waals surface area contributed by atoms with E-state index in [-0.39, 0.29) is 66.9 Å². The van der Waals surface area contributed by atoms with Crippen molar-refractivity contribution in [1.29, 1.82) is 0 Å². The van der Waals surface area contributed by atoms with Crippen molar-refractivity contribution in [3.63, 3.8) is 0 Å². The Hall–Kier alpha value is -1.16. The average molecular weight is 940 g/mol. The van der Waals surface area contributed by atoms with Crippen LogP contribution < -0.4 is 24.0 Å². The molecule has 7 nitrogen and oxygen atoms in total.